The Hall–Kier alpha value is -1.42. The summed E-state index contributed by atoms with van der Waals surface area (Å²) in [7, 11) is 0. The SMILES string of the molecule is CCC1(C(=O)N[C@H]2CC[C@H](c3ccc(F)cc3)C2)CCOCC1. The van der Waals surface area contributed by atoms with Crippen molar-refractivity contribution in [3.8, 4) is 0 Å². The second kappa shape index (κ2) is 7.00. The fourth-order valence-corrected chi connectivity index (χ4v) is 3.99. The van der Waals surface area contributed by atoms with Gasteiger partial charge >= 0.3 is 0 Å². The lowest BCUT2D eigenvalue weighted by molar-refractivity contribution is -0.137. The van der Waals surface area contributed by atoms with Gasteiger partial charge in [0.1, 0.15) is 5.82 Å². The van der Waals surface area contributed by atoms with Gasteiger partial charge in [-0.15, -0.1) is 0 Å². The highest BCUT2D eigenvalue weighted by atomic mass is 19.1. The van der Waals surface area contributed by atoms with Crippen LogP contribution in [0.25, 0.3) is 0 Å². The molecule has 1 N–H and O–H groups in total. The number of hydrogen-bond donors (Lipinski definition) is 1. The van der Waals surface area contributed by atoms with E-state index in [2.05, 4.69) is 12.2 Å². The van der Waals surface area contributed by atoms with Crippen molar-refractivity contribution in [2.24, 2.45) is 5.41 Å². The molecular formula is C19H26FNO2. The van der Waals surface area contributed by atoms with Crippen LogP contribution in [0.15, 0.2) is 24.3 Å². The molecule has 1 saturated heterocycles. The molecule has 1 amide bonds. The minimum absolute atomic E-state index is 0.194. The normalized spacial score (nSPS) is 26.9. The summed E-state index contributed by atoms with van der Waals surface area (Å²) in [5, 5.41) is 3.28. The Morgan fingerprint density at radius 1 is 1.26 bits per heavy atom. The average molecular weight is 319 g/mol. The minimum atomic E-state index is -0.244. The maximum absolute atomic E-state index is 13.0. The molecule has 23 heavy (non-hydrogen) atoms. The molecule has 0 spiro atoms. The number of nitrogens with one attached hydrogen (secondary N) is 1. The van der Waals surface area contributed by atoms with Gasteiger partial charge < -0.3 is 10.1 Å². The lowest BCUT2D eigenvalue weighted by atomic mass is 9.77. The molecule has 1 aromatic rings. The van der Waals surface area contributed by atoms with Crippen LogP contribution in [0.3, 0.4) is 0 Å². The third kappa shape index (κ3) is 3.57. The fourth-order valence-electron chi connectivity index (χ4n) is 3.99. The maximum Gasteiger partial charge on any atom is 0.226 e. The van der Waals surface area contributed by atoms with Gasteiger partial charge in [0, 0.05) is 19.3 Å². The van der Waals surface area contributed by atoms with Gasteiger partial charge in [0.05, 0.1) is 5.41 Å². The Labute approximate surface area is 137 Å². The fraction of sp³-hybridized carbons (Fsp3) is 0.632. The molecule has 3 rings (SSSR count). The predicted octanol–water partition coefficient (Wildman–Crippen LogP) is 3.78. The summed E-state index contributed by atoms with van der Waals surface area (Å²) < 4.78 is 18.5. The number of halogens is 1. The lowest BCUT2D eigenvalue weighted by Gasteiger charge is -2.35. The monoisotopic (exact) mass is 319 g/mol. The van der Waals surface area contributed by atoms with Gasteiger partial charge in [0.15, 0.2) is 0 Å². The highest BCUT2D eigenvalue weighted by molar-refractivity contribution is 5.83. The van der Waals surface area contributed by atoms with Crippen LogP contribution in [0, 0.1) is 11.2 Å². The highest BCUT2D eigenvalue weighted by Gasteiger charge is 2.40. The van der Waals surface area contributed by atoms with Crippen molar-refractivity contribution < 1.29 is 13.9 Å². The van der Waals surface area contributed by atoms with E-state index in [1.807, 2.05) is 12.1 Å². The zero-order valence-corrected chi connectivity index (χ0v) is 13.8. The Morgan fingerprint density at radius 2 is 1.96 bits per heavy atom. The third-order valence-corrected chi connectivity index (χ3v) is 5.72. The van der Waals surface area contributed by atoms with Crippen molar-refractivity contribution >= 4 is 5.91 Å². The molecule has 1 aromatic carbocycles. The molecule has 126 valence electrons. The molecule has 4 heteroatoms. The molecule has 0 unspecified atom stereocenters. The third-order valence-electron chi connectivity index (χ3n) is 5.72. The summed E-state index contributed by atoms with van der Waals surface area (Å²) in [5.74, 6) is 0.433. The van der Waals surface area contributed by atoms with Crippen LogP contribution in [0.1, 0.15) is 56.9 Å². The van der Waals surface area contributed by atoms with Crippen LogP contribution >= 0.6 is 0 Å². The van der Waals surface area contributed by atoms with Crippen LogP contribution in [-0.2, 0) is 9.53 Å². The summed E-state index contributed by atoms with van der Waals surface area (Å²) in [6.07, 6.45) is 5.53. The number of carbonyl (C=O) groups is 1. The number of carbonyl (C=O) groups excluding carboxylic acids is 1. The van der Waals surface area contributed by atoms with E-state index in [9.17, 15) is 9.18 Å². The molecule has 0 aromatic heterocycles. The van der Waals surface area contributed by atoms with Crippen LogP contribution in [-0.4, -0.2) is 25.2 Å². The van der Waals surface area contributed by atoms with E-state index < -0.39 is 0 Å². The molecule has 2 aliphatic rings. The topological polar surface area (TPSA) is 38.3 Å². The van der Waals surface area contributed by atoms with E-state index in [0.717, 1.165) is 38.5 Å². The summed E-state index contributed by atoms with van der Waals surface area (Å²) in [6, 6.07) is 7.03. The van der Waals surface area contributed by atoms with E-state index in [1.54, 1.807) is 0 Å². The highest BCUT2D eigenvalue weighted by Crippen LogP contribution is 2.37. The maximum atomic E-state index is 13.0. The van der Waals surface area contributed by atoms with Crippen LogP contribution in [0.2, 0.25) is 0 Å². The number of rotatable bonds is 4. The van der Waals surface area contributed by atoms with E-state index >= 15 is 0 Å². The van der Waals surface area contributed by atoms with Gasteiger partial charge in [0.25, 0.3) is 0 Å². The Bertz CT molecular complexity index is 537. The first kappa shape index (κ1) is 16.4. The van der Waals surface area contributed by atoms with E-state index in [1.165, 1.54) is 17.7 Å². The molecule has 2 fully saturated rings. The van der Waals surface area contributed by atoms with Crippen LogP contribution < -0.4 is 5.32 Å². The van der Waals surface area contributed by atoms with Gasteiger partial charge in [-0.1, -0.05) is 19.1 Å². The quantitative estimate of drug-likeness (QED) is 0.917. The van der Waals surface area contributed by atoms with E-state index in [-0.39, 0.29) is 23.2 Å². The first-order chi connectivity index (χ1) is 11.1. The van der Waals surface area contributed by atoms with E-state index in [0.29, 0.717) is 19.1 Å². The van der Waals surface area contributed by atoms with Crippen molar-refractivity contribution in [3.63, 3.8) is 0 Å². The smallest absolute Gasteiger partial charge is 0.226 e. The first-order valence-electron chi connectivity index (χ1n) is 8.77. The van der Waals surface area contributed by atoms with Gasteiger partial charge in [-0.3, -0.25) is 4.79 Å². The van der Waals surface area contributed by atoms with Crippen molar-refractivity contribution in [1.29, 1.82) is 0 Å². The molecular weight excluding hydrogens is 293 g/mol. The molecule has 3 nitrogen and oxygen atoms in total. The zero-order valence-electron chi connectivity index (χ0n) is 13.8. The van der Waals surface area contributed by atoms with Gasteiger partial charge in [-0.05, 0) is 62.1 Å². The summed E-state index contributed by atoms with van der Waals surface area (Å²) in [6.45, 7) is 3.47. The average Bonchev–Trinajstić information content (AvgIpc) is 3.04. The Morgan fingerprint density at radius 3 is 2.61 bits per heavy atom. The van der Waals surface area contributed by atoms with Gasteiger partial charge in [0.2, 0.25) is 5.91 Å². The van der Waals surface area contributed by atoms with E-state index in [4.69, 9.17) is 4.74 Å². The summed E-state index contributed by atoms with van der Waals surface area (Å²) in [4.78, 5) is 12.8. The largest absolute Gasteiger partial charge is 0.381 e. The Kier molecular flexibility index (Phi) is 5.00. The predicted molar refractivity (Wildman–Crippen MR) is 87.7 cm³/mol. The molecule has 1 saturated carbocycles. The Balaban J connectivity index is 1.59. The van der Waals surface area contributed by atoms with Crippen LogP contribution in [0.4, 0.5) is 4.39 Å². The minimum Gasteiger partial charge on any atom is -0.381 e. The van der Waals surface area contributed by atoms with Crippen molar-refractivity contribution in [2.45, 2.75) is 57.4 Å². The molecule has 1 aliphatic carbocycles. The second-order valence-electron chi connectivity index (χ2n) is 6.98. The standard InChI is InChI=1S/C19H26FNO2/c1-2-19(9-11-23-12-10-19)18(22)21-17-8-5-15(13-17)14-3-6-16(20)7-4-14/h3-4,6-7,15,17H,2,5,8-13H2,1H3,(H,21,22)/t15-,17-/m0/s1. The zero-order chi connectivity index (χ0) is 16.3. The molecule has 1 heterocycles. The number of ether oxygens (including phenoxy) is 1. The number of amides is 1. The number of hydrogen-bond acceptors (Lipinski definition) is 2. The molecule has 0 radical (unpaired) electrons. The van der Waals surface area contributed by atoms with Crippen molar-refractivity contribution in [3.05, 3.63) is 35.6 Å². The van der Waals surface area contributed by atoms with Gasteiger partial charge in [-0.25, -0.2) is 4.39 Å². The van der Waals surface area contributed by atoms with Crippen LogP contribution in [0.5, 0.6) is 0 Å². The number of benzene rings is 1. The summed E-state index contributed by atoms with van der Waals surface area (Å²) in [5.41, 5.74) is 0.936. The first-order valence-corrected chi connectivity index (χ1v) is 8.77. The lowest BCUT2D eigenvalue weighted by Crippen LogP contribution is -2.47. The summed E-state index contributed by atoms with van der Waals surface area (Å²) >= 11 is 0. The molecule has 0 bridgehead atoms. The second-order valence-corrected chi connectivity index (χ2v) is 6.98. The van der Waals surface area contributed by atoms with Crippen molar-refractivity contribution in [1.82, 2.24) is 5.32 Å². The van der Waals surface area contributed by atoms with Crippen molar-refractivity contribution in [2.75, 3.05) is 13.2 Å². The molecule has 2 atom stereocenters. The van der Waals surface area contributed by atoms with Gasteiger partial charge in [-0.2, -0.15) is 0 Å². The molecule has 1 aliphatic heterocycles.